The Balaban J connectivity index is 2.70. The zero-order chi connectivity index (χ0) is 12.1. The molecule has 0 saturated heterocycles. The van der Waals surface area contributed by atoms with Crippen LogP contribution in [0.5, 0.6) is 0 Å². The van der Waals surface area contributed by atoms with E-state index >= 15 is 0 Å². The normalized spacial score (nSPS) is 12.2. The highest BCUT2D eigenvalue weighted by atomic mass is 79.9. The first kappa shape index (κ1) is 13.5. The van der Waals surface area contributed by atoms with Crippen LogP contribution in [0.4, 0.5) is 5.69 Å². The Morgan fingerprint density at radius 3 is 2.75 bits per heavy atom. The van der Waals surface area contributed by atoms with Crippen molar-refractivity contribution in [2.45, 2.75) is 20.3 Å². The van der Waals surface area contributed by atoms with Crippen LogP contribution in [0, 0.1) is 5.92 Å². The minimum absolute atomic E-state index is 0.417. The molecule has 1 unspecified atom stereocenters. The molecule has 1 rings (SSSR count). The van der Waals surface area contributed by atoms with Crippen molar-refractivity contribution in [2.24, 2.45) is 11.7 Å². The topological polar surface area (TPSA) is 38.0 Å². The lowest BCUT2D eigenvalue weighted by molar-refractivity contribution is 0.593. The summed E-state index contributed by atoms with van der Waals surface area (Å²) < 4.78 is 0.939. The molecule has 0 bridgehead atoms. The lowest BCUT2D eigenvalue weighted by Gasteiger charge is -2.12. The van der Waals surface area contributed by atoms with Crippen molar-refractivity contribution in [1.82, 2.24) is 0 Å². The molecule has 16 heavy (non-hydrogen) atoms. The maximum absolute atomic E-state index is 5.59. The Kier molecular flexibility index (Phi) is 5.22. The van der Waals surface area contributed by atoms with E-state index < -0.39 is 0 Å². The third-order valence-electron chi connectivity index (χ3n) is 2.59. The molecule has 2 nitrogen and oxygen atoms in total. The molecule has 0 aliphatic rings. The molecule has 3 N–H and O–H groups in total. The standard InChI is InChI=1S/C12H17BrN2S/c1-3-8(2)7-15-9-4-5-10(12(14)16)11(13)6-9/h4-6,8,15H,3,7H2,1-2H3,(H2,14,16). The zero-order valence-electron chi connectivity index (χ0n) is 9.59. The molecule has 4 heteroatoms. The molecule has 0 aromatic heterocycles. The van der Waals surface area contributed by atoms with Gasteiger partial charge in [0.15, 0.2) is 0 Å². The molecule has 0 aliphatic heterocycles. The van der Waals surface area contributed by atoms with Crippen LogP contribution in [0.15, 0.2) is 22.7 Å². The second kappa shape index (κ2) is 6.21. The first-order valence-corrected chi connectivity index (χ1v) is 6.58. The highest BCUT2D eigenvalue weighted by Gasteiger charge is 2.04. The molecule has 0 spiro atoms. The van der Waals surface area contributed by atoms with Crippen molar-refractivity contribution in [1.29, 1.82) is 0 Å². The number of thiocarbonyl (C=S) groups is 1. The Bertz CT molecular complexity index is 379. The summed E-state index contributed by atoms with van der Waals surface area (Å²) in [5.41, 5.74) is 7.56. The number of halogens is 1. The second-order valence-corrected chi connectivity index (χ2v) is 5.25. The fourth-order valence-electron chi connectivity index (χ4n) is 1.26. The minimum atomic E-state index is 0.417. The molecule has 0 saturated carbocycles. The lowest BCUT2D eigenvalue weighted by Crippen LogP contribution is -2.12. The highest BCUT2D eigenvalue weighted by molar-refractivity contribution is 9.10. The van der Waals surface area contributed by atoms with Crippen LogP contribution < -0.4 is 11.1 Å². The number of hydrogen-bond acceptors (Lipinski definition) is 2. The summed E-state index contributed by atoms with van der Waals surface area (Å²) in [6.07, 6.45) is 1.18. The Morgan fingerprint density at radius 1 is 1.56 bits per heavy atom. The number of anilines is 1. The fourth-order valence-corrected chi connectivity index (χ4v) is 2.16. The van der Waals surface area contributed by atoms with E-state index in [1.54, 1.807) is 0 Å². The van der Waals surface area contributed by atoms with Crippen molar-refractivity contribution < 1.29 is 0 Å². The SMILES string of the molecule is CCC(C)CNc1ccc(C(N)=S)c(Br)c1. The zero-order valence-corrected chi connectivity index (χ0v) is 12.0. The third-order valence-corrected chi connectivity index (χ3v) is 3.46. The van der Waals surface area contributed by atoms with Gasteiger partial charge in [0.1, 0.15) is 4.99 Å². The molecule has 1 atom stereocenters. The van der Waals surface area contributed by atoms with Gasteiger partial charge in [-0.3, -0.25) is 0 Å². The van der Waals surface area contributed by atoms with E-state index in [1.807, 2.05) is 18.2 Å². The van der Waals surface area contributed by atoms with E-state index in [-0.39, 0.29) is 0 Å². The minimum Gasteiger partial charge on any atom is -0.389 e. The number of nitrogens with one attached hydrogen (secondary N) is 1. The molecule has 1 aromatic carbocycles. The van der Waals surface area contributed by atoms with Crippen molar-refractivity contribution in [3.05, 3.63) is 28.2 Å². The monoisotopic (exact) mass is 300 g/mol. The Labute approximate surface area is 111 Å². The molecular formula is C12H17BrN2S. The van der Waals surface area contributed by atoms with Gasteiger partial charge in [-0.05, 0) is 40.0 Å². The van der Waals surface area contributed by atoms with Crippen LogP contribution >= 0.6 is 28.1 Å². The predicted molar refractivity (Wildman–Crippen MR) is 78.0 cm³/mol. The van der Waals surface area contributed by atoms with E-state index in [9.17, 15) is 0 Å². The largest absolute Gasteiger partial charge is 0.389 e. The van der Waals surface area contributed by atoms with Crippen LogP contribution in [-0.2, 0) is 0 Å². The van der Waals surface area contributed by atoms with Gasteiger partial charge in [-0.1, -0.05) is 32.5 Å². The summed E-state index contributed by atoms with van der Waals surface area (Å²) in [4.78, 5) is 0.417. The van der Waals surface area contributed by atoms with E-state index in [4.69, 9.17) is 18.0 Å². The van der Waals surface area contributed by atoms with Gasteiger partial charge in [-0.2, -0.15) is 0 Å². The van der Waals surface area contributed by atoms with Crippen LogP contribution in [0.25, 0.3) is 0 Å². The van der Waals surface area contributed by atoms with Gasteiger partial charge >= 0.3 is 0 Å². The Hall–Kier alpha value is -0.610. The number of rotatable bonds is 5. The molecule has 0 radical (unpaired) electrons. The summed E-state index contributed by atoms with van der Waals surface area (Å²) in [5.74, 6) is 0.675. The van der Waals surface area contributed by atoms with Gasteiger partial charge in [0.25, 0.3) is 0 Å². The molecular weight excluding hydrogens is 284 g/mol. The highest BCUT2D eigenvalue weighted by Crippen LogP contribution is 2.21. The summed E-state index contributed by atoms with van der Waals surface area (Å²) in [6.45, 7) is 5.40. The quantitative estimate of drug-likeness (QED) is 0.817. The second-order valence-electron chi connectivity index (χ2n) is 3.95. The van der Waals surface area contributed by atoms with Crippen LogP contribution in [0.3, 0.4) is 0 Å². The smallest absolute Gasteiger partial charge is 0.105 e. The summed E-state index contributed by atoms with van der Waals surface area (Å²) in [6, 6.07) is 5.95. The molecule has 0 heterocycles. The molecule has 0 aliphatic carbocycles. The number of hydrogen-bond donors (Lipinski definition) is 2. The van der Waals surface area contributed by atoms with Gasteiger partial charge in [0.05, 0.1) is 0 Å². The van der Waals surface area contributed by atoms with Crippen LogP contribution in [0.2, 0.25) is 0 Å². The molecule has 88 valence electrons. The maximum Gasteiger partial charge on any atom is 0.105 e. The van der Waals surface area contributed by atoms with E-state index in [0.29, 0.717) is 10.9 Å². The first-order valence-electron chi connectivity index (χ1n) is 5.37. The van der Waals surface area contributed by atoms with E-state index in [1.165, 1.54) is 6.42 Å². The van der Waals surface area contributed by atoms with Crippen molar-refractivity contribution in [3.63, 3.8) is 0 Å². The first-order chi connectivity index (χ1) is 7.54. The fraction of sp³-hybridized carbons (Fsp3) is 0.417. The summed E-state index contributed by atoms with van der Waals surface area (Å²) in [5, 5.41) is 3.39. The van der Waals surface area contributed by atoms with Crippen molar-refractivity contribution >= 4 is 38.8 Å². The molecule has 1 aromatic rings. The third kappa shape index (κ3) is 3.76. The average molecular weight is 301 g/mol. The van der Waals surface area contributed by atoms with Crippen LogP contribution in [0.1, 0.15) is 25.8 Å². The lowest BCUT2D eigenvalue weighted by atomic mass is 10.1. The van der Waals surface area contributed by atoms with E-state index in [0.717, 1.165) is 22.3 Å². The van der Waals surface area contributed by atoms with Gasteiger partial charge in [0, 0.05) is 22.3 Å². The number of benzene rings is 1. The van der Waals surface area contributed by atoms with Crippen molar-refractivity contribution in [2.75, 3.05) is 11.9 Å². The van der Waals surface area contributed by atoms with Gasteiger partial charge < -0.3 is 11.1 Å². The number of nitrogens with two attached hydrogens (primary N) is 1. The van der Waals surface area contributed by atoms with Gasteiger partial charge in [-0.15, -0.1) is 0 Å². The molecule has 0 amide bonds. The summed E-state index contributed by atoms with van der Waals surface area (Å²) >= 11 is 8.41. The maximum atomic E-state index is 5.59. The van der Waals surface area contributed by atoms with Crippen LogP contribution in [-0.4, -0.2) is 11.5 Å². The van der Waals surface area contributed by atoms with Gasteiger partial charge in [-0.25, -0.2) is 0 Å². The Morgan fingerprint density at radius 2 is 2.25 bits per heavy atom. The molecule has 0 fully saturated rings. The average Bonchev–Trinajstić information content (AvgIpc) is 2.25. The van der Waals surface area contributed by atoms with Gasteiger partial charge in [0.2, 0.25) is 0 Å². The van der Waals surface area contributed by atoms with Crippen molar-refractivity contribution in [3.8, 4) is 0 Å². The summed E-state index contributed by atoms with van der Waals surface area (Å²) in [7, 11) is 0. The van der Waals surface area contributed by atoms with E-state index in [2.05, 4.69) is 35.1 Å². The predicted octanol–water partition coefficient (Wildman–Crippen LogP) is 3.54.